The van der Waals surface area contributed by atoms with Crippen LogP contribution in [0.5, 0.6) is 11.5 Å². The van der Waals surface area contributed by atoms with E-state index in [1.807, 2.05) is 0 Å². The van der Waals surface area contributed by atoms with Crippen molar-refractivity contribution in [2.45, 2.75) is 6.18 Å². The van der Waals surface area contributed by atoms with E-state index in [2.05, 4.69) is 26.5 Å². The fourth-order valence-electron chi connectivity index (χ4n) is 3.44. The number of carbonyl (C=O) groups excluding carboxylic acids is 3. The minimum absolute atomic E-state index is 0.0759. The van der Waals surface area contributed by atoms with E-state index in [0.29, 0.717) is 11.4 Å². The third kappa shape index (κ3) is 8.17. The van der Waals surface area contributed by atoms with Gasteiger partial charge in [-0.15, -0.1) is 0 Å². The Bertz CT molecular complexity index is 1680. The Morgan fingerprint density at radius 3 is 2.09 bits per heavy atom. The van der Waals surface area contributed by atoms with E-state index in [-0.39, 0.29) is 28.4 Å². The van der Waals surface area contributed by atoms with Crippen LogP contribution in [0.1, 0.15) is 26.4 Å². The van der Waals surface area contributed by atoms with Crippen LogP contribution in [0.25, 0.3) is 0 Å². The lowest BCUT2D eigenvalue weighted by Crippen LogP contribution is -2.41. The lowest BCUT2D eigenvalue weighted by atomic mass is 10.2. The van der Waals surface area contributed by atoms with Crippen LogP contribution in [0, 0.1) is 10.1 Å². The van der Waals surface area contributed by atoms with Gasteiger partial charge in [-0.2, -0.15) is 13.2 Å². The summed E-state index contributed by atoms with van der Waals surface area (Å²) in [6.45, 7) is 0. The van der Waals surface area contributed by atoms with E-state index < -0.39 is 39.5 Å². The highest BCUT2D eigenvalue weighted by Gasteiger charge is 2.33. The Labute approximate surface area is 245 Å². The Kier molecular flexibility index (Phi) is 9.05. The molecular weight excluding hydrogens is 597 g/mol. The molecule has 0 aliphatic heterocycles. The van der Waals surface area contributed by atoms with E-state index in [4.69, 9.17) is 16.3 Å². The number of nitrogens with zero attached hydrogens (tertiary/aromatic N) is 2. The first-order valence-corrected chi connectivity index (χ1v) is 12.3. The minimum atomic E-state index is -4.69. The minimum Gasteiger partial charge on any atom is -0.457 e. The number of halogens is 4. The van der Waals surface area contributed by atoms with E-state index in [1.165, 1.54) is 60.8 Å². The molecule has 0 fully saturated rings. The summed E-state index contributed by atoms with van der Waals surface area (Å²) >= 11 is 5.59. The van der Waals surface area contributed by atoms with Crippen molar-refractivity contribution in [2.75, 3.05) is 10.6 Å². The molecular formula is C27H18ClF3N6O6. The molecule has 0 saturated heterocycles. The van der Waals surface area contributed by atoms with Crippen molar-refractivity contribution in [3.63, 3.8) is 0 Å². The van der Waals surface area contributed by atoms with Gasteiger partial charge >= 0.3 is 12.2 Å². The lowest BCUT2D eigenvalue weighted by Gasteiger charge is -2.13. The van der Waals surface area contributed by atoms with E-state index >= 15 is 0 Å². The third-order valence-electron chi connectivity index (χ3n) is 5.47. The molecule has 4 N–H and O–H groups in total. The van der Waals surface area contributed by atoms with Crippen molar-refractivity contribution in [1.29, 1.82) is 0 Å². The number of non-ortho nitro benzene ring substituents is 1. The fraction of sp³-hybridized carbons (Fsp3) is 0.0370. The predicted molar refractivity (Wildman–Crippen MR) is 148 cm³/mol. The second kappa shape index (κ2) is 12.9. The zero-order valence-electron chi connectivity index (χ0n) is 21.4. The van der Waals surface area contributed by atoms with Gasteiger partial charge in [0, 0.05) is 41.3 Å². The first kappa shape index (κ1) is 30.3. The van der Waals surface area contributed by atoms with Crippen molar-refractivity contribution in [3.05, 3.63) is 117 Å². The maximum atomic E-state index is 13.0. The van der Waals surface area contributed by atoms with Crippen LogP contribution in [0.4, 0.5) is 35.0 Å². The van der Waals surface area contributed by atoms with Crippen LogP contribution in [0.3, 0.4) is 0 Å². The molecule has 0 bridgehead atoms. The standard InChI is InChI=1S/C27H18ClF3N6O6/c28-22-10-5-17(13-21(22)27(29,30)31)34-26(40)33-16-3-8-19(9-4-16)43-20-11-12-32-23(14-20)25(39)36-35-24(38)15-1-6-18(7-2-15)37(41)42/h1-14H,(H,35,38)(H,36,39)(H2,33,34,40). The van der Waals surface area contributed by atoms with Crippen molar-refractivity contribution in [2.24, 2.45) is 0 Å². The van der Waals surface area contributed by atoms with Crippen LogP contribution < -0.4 is 26.2 Å². The summed E-state index contributed by atoms with van der Waals surface area (Å²) in [7, 11) is 0. The van der Waals surface area contributed by atoms with Gasteiger partial charge in [-0.3, -0.25) is 35.5 Å². The molecule has 0 aliphatic rings. The molecule has 0 unspecified atom stereocenters. The van der Waals surface area contributed by atoms with Gasteiger partial charge in [0.25, 0.3) is 17.5 Å². The van der Waals surface area contributed by atoms with Gasteiger partial charge in [0.05, 0.1) is 15.5 Å². The fourth-order valence-corrected chi connectivity index (χ4v) is 3.66. The smallest absolute Gasteiger partial charge is 0.417 e. The first-order chi connectivity index (χ1) is 20.4. The number of nitro benzene ring substituents is 1. The Hall–Kier alpha value is -5.70. The molecule has 16 heteroatoms. The number of hydrogen-bond acceptors (Lipinski definition) is 7. The van der Waals surface area contributed by atoms with Crippen molar-refractivity contribution in [1.82, 2.24) is 15.8 Å². The van der Waals surface area contributed by atoms with Crippen LogP contribution >= 0.6 is 11.6 Å². The lowest BCUT2D eigenvalue weighted by molar-refractivity contribution is -0.384. The summed E-state index contributed by atoms with van der Waals surface area (Å²) in [6, 6.07) is 15.6. The van der Waals surface area contributed by atoms with Crippen LogP contribution in [0.15, 0.2) is 85.1 Å². The number of rotatable bonds is 7. The highest BCUT2D eigenvalue weighted by molar-refractivity contribution is 6.31. The second-order valence-electron chi connectivity index (χ2n) is 8.49. The molecule has 0 spiro atoms. The normalized spacial score (nSPS) is 10.8. The Morgan fingerprint density at radius 2 is 1.44 bits per heavy atom. The number of urea groups is 1. The molecule has 0 aliphatic carbocycles. The molecule has 0 saturated carbocycles. The van der Waals surface area contributed by atoms with Gasteiger partial charge in [-0.05, 0) is 60.7 Å². The van der Waals surface area contributed by atoms with Crippen LogP contribution in [-0.2, 0) is 6.18 Å². The Morgan fingerprint density at radius 1 is 0.814 bits per heavy atom. The van der Waals surface area contributed by atoms with Gasteiger partial charge in [-0.25, -0.2) is 4.79 Å². The molecule has 3 aromatic carbocycles. The number of ether oxygens (including phenoxy) is 1. The summed E-state index contributed by atoms with van der Waals surface area (Å²) in [4.78, 5) is 50.9. The number of benzene rings is 3. The number of hydrogen-bond donors (Lipinski definition) is 4. The number of aromatic nitrogens is 1. The Balaban J connectivity index is 1.31. The van der Waals surface area contributed by atoms with Gasteiger partial charge in [0.2, 0.25) is 0 Å². The molecule has 0 radical (unpaired) electrons. The molecule has 1 heterocycles. The van der Waals surface area contributed by atoms with E-state index in [0.717, 1.165) is 24.3 Å². The maximum Gasteiger partial charge on any atom is 0.417 e. The van der Waals surface area contributed by atoms with Gasteiger partial charge in [0.15, 0.2) is 0 Å². The van der Waals surface area contributed by atoms with Crippen LogP contribution in [0.2, 0.25) is 5.02 Å². The summed E-state index contributed by atoms with van der Waals surface area (Å²) in [5.74, 6) is -0.961. The number of hydrazine groups is 1. The molecule has 43 heavy (non-hydrogen) atoms. The van der Waals surface area contributed by atoms with E-state index in [1.54, 1.807) is 0 Å². The van der Waals surface area contributed by atoms with E-state index in [9.17, 15) is 37.7 Å². The monoisotopic (exact) mass is 614 g/mol. The third-order valence-corrected chi connectivity index (χ3v) is 5.80. The number of anilines is 2. The number of carbonyl (C=O) groups is 3. The molecule has 220 valence electrons. The molecule has 12 nitrogen and oxygen atoms in total. The number of amides is 4. The predicted octanol–water partition coefficient (Wildman–Crippen LogP) is 6.17. The highest BCUT2D eigenvalue weighted by Crippen LogP contribution is 2.36. The van der Waals surface area contributed by atoms with Gasteiger partial charge in [-0.1, -0.05) is 11.6 Å². The average molecular weight is 615 g/mol. The largest absolute Gasteiger partial charge is 0.457 e. The SMILES string of the molecule is O=C(Nc1ccc(Oc2ccnc(C(=O)NNC(=O)c3ccc([N+](=O)[O-])cc3)c2)cc1)Nc1ccc(Cl)c(C(F)(F)F)c1. The zero-order chi connectivity index (χ0) is 31.1. The topological polar surface area (TPSA) is 165 Å². The zero-order valence-corrected chi connectivity index (χ0v) is 22.2. The van der Waals surface area contributed by atoms with Crippen molar-refractivity contribution >= 4 is 46.5 Å². The first-order valence-electron chi connectivity index (χ1n) is 11.9. The van der Waals surface area contributed by atoms with Crippen molar-refractivity contribution in [3.8, 4) is 11.5 Å². The number of nitro groups is 1. The average Bonchev–Trinajstić information content (AvgIpc) is 2.97. The number of nitrogens with one attached hydrogen (secondary N) is 4. The molecule has 0 atom stereocenters. The van der Waals surface area contributed by atoms with Gasteiger partial charge < -0.3 is 15.4 Å². The molecule has 4 rings (SSSR count). The molecule has 4 aromatic rings. The molecule has 1 aromatic heterocycles. The summed E-state index contributed by atoms with van der Waals surface area (Å²) < 4.78 is 44.8. The quantitative estimate of drug-likeness (QED) is 0.143. The summed E-state index contributed by atoms with van der Waals surface area (Å²) in [5, 5.41) is 15.0. The molecule has 4 amide bonds. The van der Waals surface area contributed by atoms with Gasteiger partial charge in [0.1, 0.15) is 17.2 Å². The number of alkyl halides is 3. The second-order valence-corrected chi connectivity index (χ2v) is 8.89. The number of pyridine rings is 1. The van der Waals surface area contributed by atoms with Crippen LogP contribution in [-0.4, -0.2) is 27.8 Å². The van der Waals surface area contributed by atoms with Crippen molar-refractivity contribution < 1.29 is 37.2 Å². The summed E-state index contributed by atoms with van der Waals surface area (Å²) in [6.07, 6.45) is -3.39. The highest BCUT2D eigenvalue weighted by atomic mass is 35.5. The summed E-state index contributed by atoms with van der Waals surface area (Å²) in [5.41, 5.74) is 3.24. The maximum absolute atomic E-state index is 13.0.